The molecule has 0 atom stereocenters. The Balaban J connectivity index is 0.00000341. The summed E-state index contributed by atoms with van der Waals surface area (Å²) in [5.74, 6) is 0.447. The van der Waals surface area contributed by atoms with E-state index >= 15 is 0 Å². The third kappa shape index (κ3) is 5.32. The maximum Gasteiger partial charge on any atom is 0.410 e. The lowest BCUT2D eigenvalue weighted by atomic mass is 9.57. The molecule has 7 heteroatoms. The Labute approximate surface area is 180 Å². The molecule has 2 aliphatic rings. The number of likely N-dealkylation sites (tertiary alicyclic amines) is 1. The quantitative estimate of drug-likeness (QED) is 0.816. The van der Waals surface area contributed by atoms with E-state index in [0.717, 1.165) is 44.3 Å². The lowest BCUT2D eigenvalue weighted by molar-refractivity contribution is -0.0265. The number of carbonyl (C=O) groups excluding carboxylic acids is 2. The molecule has 1 saturated heterocycles. The highest BCUT2D eigenvalue weighted by atomic mass is 16.6. The average Bonchev–Trinajstić information content (AvgIpc) is 2.65. The molecule has 0 bridgehead atoms. The highest BCUT2D eigenvalue weighted by Gasteiger charge is 2.46. The molecule has 3 rings (SSSR count). The van der Waals surface area contributed by atoms with Crippen LogP contribution in [0.4, 0.5) is 4.79 Å². The zero-order valence-electron chi connectivity index (χ0n) is 18.6. The van der Waals surface area contributed by atoms with Gasteiger partial charge in [-0.25, -0.2) is 9.79 Å². The summed E-state index contributed by atoms with van der Waals surface area (Å²) in [7, 11) is 1.86. The van der Waals surface area contributed by atoms with Crippen LogP contribution in [-0.4, -0.2) is 46.7 Å². The largest absolute Gasteiger partial charge is 0.444 e. The molecule has 0 aromatic carbocycles. The van der Waals surface area contributed by atoms with Crippen molar-refractivity contribution in [2.45, 2.75) is 52.1 Å². The van der Waals surface area contributed by atoms with Gasteiger partial charge in [-0.15, -0.1) is 0 Å². The number of hydrogen-bond acceptors (Lipinski definition) is 4. The van der Waals surface area contributed by atoms with E-state index in [1.165, 1.54) is 6.20 Å². The molecular formula is C23H36N4O3. The van der Waals surface area contributed by atoms with Gasteiger partial charge in [-0.1, -0.05) is 6.58 Å². The number of carbonyl (C=O) groups is 2. The van der Waals surface area contributed by atoms with Crippen molar-refractivity contribution in [3.63, 3.8) is 0 Å². The fourth-order valence-electron chi connectivity index (χ4n) is 4.51. The fourth-order valence-corrected chi connectivity index (χ4v) is 4.51. The van der Waals surface area contributed by atoms with Gasteiger partial charge in [0.2, 0.25) is 0 Å². The number of pyridine rings is 1. The third-order valence-electron chi connectivity index (χ3n) is 6.06. The van der Waals surface area contributed by atoms with Crippen LogP contribution in [0, 0.1) is 11.3 Å². The van der Waals surface area contributed by atoms with Crippen molar-refractivity contribution >= 4 is 12.0 Å². The van der Waals surface area contributed by atoms with Crippen LogP contribution in [0.15, 0.2) is 36.1 Å². The number of piperidine rings is 1. The van der Waals surface area contributed by atoms with Crippen LogP contribution in [0.1, 0.15) is 58.2 Å². The lowest BCUT2D eigenvalue weighted by Gasteiger charge is -2.52. The minimum Gasteiger partial charge on any atom is -0.444 e. The Morgan fingerprint density at radius 3 is 2.57 bits per heavy atom. The number of rotatable bonds is 4. The Kier molecular flexibility index (Phi) is 6.38. The highest BCUT2D eigenvalue weighted by molar-refractivity contribution is 5.93. The van der Waals surface area contributed by atoms with Gasteiger partial charge >= 0.3 is 6.09 Å². The topological polar surface area (TPSA) is 75.9 Å². The van der Waals surface area contributed by atoms with Gasteiger partial charge in [0.15, 0.2) is 0 Å². The number of amides is 2. The van der Waals surface area contributed by atoms with Crippen LogP contribution in [0.5, 0.6) is 0 Å². The van der Waals surface area contributed by atoms with Gasteiger partial charge in [0, 0.05) is 40.5 Å². The minimum atomic E-state index is -0.455. The summed E-state index contributed by atoms with van der Waals surface area (Å²) in [5, 5.41) is 3.07. The first-order valence-electron chi connectivity index (χ1n) is 10.7. The highest BCUT2D eigenvalue weighted by Crippen LogP contribution is 2.52. The van der Waals surface area contributed by atoms with Crippen LogP contribution >= 0.6 is 0 Å². The average molecular weight is 417 g/mol. The number of ether oxygens (including phenoxy) is 1. The van der Waals surface area contributed by atoms with E-state index < -0.39 is 5.60 Å². The molecule has 166 valence electrons. The van der Waals surface area contributed by atoms with Crippen LogP contribution in [0.3, 0.4) is 0 Å². The van der Waals surface area contributed by atoms with Crippen molar-refractivity contribution in [2.24, 2.45) is 23.4 Å². The van der Waals surface area contributed by atoms with Crippen LogP contribution in [0.2, 0.25) is 0 Å². The van der Waals surface area contributed by atoms with Gasteiger partial charge in [0.25, 0.3) is 5.91 Å². The summed E-state index contributed by atoms with van der Waals surface area (Å²) < 4.78 is 7.29. The maximum absolute atomic E-state index is 12.5. The molecule has 7 nitrogen and oxygen atoms in total. The normalized spacial score (nSPS) is 19.3. The molecule has 1 saturated carbocycles. The fraction of sp³-hybridized carbons (Fsp3) is 0.609. The second-order valence-electron chi connectivity index (χ2n) is 9.65. The standard InChI is InChI=1S/C23H34N4O3.H2/c1-6-24-19-8-7-18(16-26(19)5)20(28)25-15-17-13-23(14-17)9-11-27(12-10-23)21(29)30-22(2,3)4;/h6-8,16-17H,1,9-15H2,2-5H3,(H,25,28);1H. The molecule has 0 radical (unpaired) electrons. The van der Waals surface area contributed by atoms with E-state index in [-0.39, 0.29) is 13.4 Å². The first kappa shape index (κ1) is 22.1. The molecule has 1 aliphatic heterocycles. The second-order valence-corrected chi connectivity index (χ2v) is 9.65. The van der Waals surface area contributed by atoms with Crippen molar-refractivity contribution in [3.05, 3.63) is 42.2 Å². The lowest BCUT2D eigenvalue weighted by Crippen LogP contribution is -2.51. The third-order valence-corrected chi connectivity index (χ3v) is 6.06. The monoisotopic (exact) mass is 416 g/mol. The first-order valence-corrected chi connectivity index (χ1v) is 10.7. The van der Waals surface area contributed by atoms with Crippen LogP contribution in [0.25, 0.3) is 0 Å². The summed E-state index contributed by atoms with van der Waals surface area (Å²) in [4.78, 5) is 30.7. The summed E-state index contributed by atoms with van der Waals surface area (Å²) in [5.41, 5.74) is 1.25. The molecule has 30 heavy (non-hydrogen) atoms. The minimum absolute atomic E-state index is 0. The van der Waals surface area contributed by atoms with Gasteiger partial charge in [0.1, 0.15) is 11.1 Å². The van der Waals surface area contributed by atoms with E-state index in [0.29, 0.717) is 23.4 Å². The Hall–Kier alpha value is -2.57. The molecule has 2 heterocycles. The molecule has 2 amide bonds. The van der Waals surface area contributed by atoms with Gasteiger partial charge in [-0.3, -0.25) is 4.79 Å². The SMILES string of the molecule is C=CN=c1ccc(C(=O)NCC2CC3(CCN(C(=O)OC(C)(C)C)CC3)C2)cn1C.[HH]. The van der Waals surface area contributed by atoms with Crippen molar-refractivity contribution in [3.8, 4) is 0 Å². The molecule has 0 unspecified atom stereocenters. The van der Waals surface area contributed by atoms with Gasteiger partial charge in [-0.05, 0) is 69.9 Å². The summed E-state index contributed by atoms with van der Waals surface area (Å²) >= 11 is 0. The van der Waals surface area contributed by atoms with Crippen molar-refractivity contribution in [1.82, 2.24) is 14.8 Å². The zero-order chi connectivity index (χ0) is 21.9. The van der Waals surface area contributed by atoms with E-state index in [4.69, 9.17) is 4.74 Å². The van der Waals surface area contributed by atoms with E-state index in [2.05, 4.69) is 16.9 Å². The molecule has 2 fully saturated rings. The van der Waals surface area contributed by atoms with E-state index in [9.17, 15) is 9.59 Å². The van der Waals surface area contributed by atoms with Gasteiger partial charge in [0.05, 0.1) is 5.56 Å². The molecule has 1 aliphatic carbocycles. The summed E-state index contributed by atoms with van der Waals surface area (Å²) in [6.45, 7) is 11.5. The Morgan fingerprint density at radius 1 is 1.33 bits per heavy atom. The number of nitrogens with one attached hydrogen (secondary N) is 1. The number of nitrogens with zero attached hydrogens (tertiary/aromatic N) is 3. The van der Waals surface area contributed by atoms with E-state index in [1.807, 2.05) is 43.4 Å². The molecule has 1 aromatic heterocycles. The van der Waals surface area contributed by atoms with Crippen molar-refractivity contribution < 1.29 is 15.8 Å². The maximum atomic E-state index is 12.5. The van der Waals surface area contributed by atoms with Gasteiger partial charge < -0.3 is 19.5 Å². The van der Waals surface area contributed by atoms with Crippen LogP contribution < -0.4 is 10.8 Å². The molecule has 1 N–H and O–H groups in total. The first-order chi connectivity index (χ1) is 14.1. The predicted octanol–water partition coefficient (Wildman–Crippen LogP) is 3.47. The smallest absolute Gasteiger partial charge is 0.410 e. The molecular weight excluding hydrogens is 380 g/mol. The predicted molar refractivity (Wildman–Crippen MR) is 118 cm³/mol. The number of hydrogen-bond donors (Lipinski definition) is 1. The van der Waals surface area contributed by atoms with Crippen molar-refractivity contribution in [1.29, 1.82) is 0 Å². The number of aromatic nitrogens is 1. The number of aryl methyl sites for hydroxylation is 1. The van der Waals surface area contributed by atoms with Crippen LogP contribution in [-0.2, 0) is 11.8 Å². The molecule has 1 aromatic rings. The van der Waals surface area contributed by atoms with Crippen molar-refractivity contribution in [2.75, 3.05) is 19.6 Å². The Bertz CT molecular complexity index is 872. The summed E-state index contributed by atoms with van der Waals surface area (Å²) in [6.07, 6.45) is 7.31. The molecule has 1 spiro atoms. The summed E-state index contributed by atoms with van der Waals surface area (Å²) in [6, 6.07) is 3.60. The zero-order valence-corrected chi connectivity index (χ0v) is 18.6. The Morgan fingerprint density at radius 2 is 2.00 bits per heavy atom. The van der Waals surface area contributed by atoms with Gasteiger partial charge in [-0.2, -0.15) is 0 Å². The second kappa shape index (κ2) is 8.66. The van der Waals surface area contributed by atoms with E-state index in [1.54, 1.807) is 12.3 Å².